The number of fused-ring (bicyclic) bond motifs is 1. The molecule has 0 aliphatic rings. The molecule has 5 heteroatoms. The first-order valence-electron chi connectivity index (χ1n) is 4.96. The predicted octanol–water partition coefficient (Wildman–Crippen LogP) is 2.75. The molecule has 2 heterocycles. The van der Waals surface area contributed by atoms with Gasteiger partial charge in [-0.05, 0) is 24.8 Å². The smallest absolute Gasteiger partial charge is 0.213 e. The van der Waals surface area contributed by atoms with Crippen LogP contribution in [0.25, 0.3) is 10.9 Å². The van der Waals surface area contributed by atoms with E-state index in [1.54, 1.807) is 11.8 Å². The summed E-state index contributed by atoms with van der Waals surface area (Å²) < 4.78 is 0. The zero-order chi connectivity index (χ0) is 11.0. The number of aromatic amines is 2. The van der Waals surface area contributed by atoms with Crippen molar-refractivity contribution < 1.29 is 0 Å². The molecule has 0 unspecified atom stereocenters. The lowest BCUT2D eigenvalue weighted by atomic mass is 10.2. The minimum absolute atomic E-state index is 0.752. The highest BCUT2D eigenvalue weighted by Crippen LogP contribution is 2.31. The lowest BCUT2D eigenvalue weighted by molar-refractivity contribution is 0.970. The molecule has 4 nitrogen and oxygen atoms in total. The van der Waals surface area contributed by atoms with Crippen molar-refractivity contribution in [1.82, 2.24) is 20.2 Å². The summed E-state index contributed by atoms with van der Waals surface area (Å²) in [4.78, 5) is 8.65. The number of hydrogen-bond donors (Lipinski definition) is 2. The zero-order valence-electron chi connectivity index (χ0n) is 8.69. The molecule has 0 bridgehead atoms. The van der Waals surface area contributed by atoms with Gasteiger partial charge in [0.05, 0.1) is 0 Å². The summed E-state index contributed by atoms with van der Waals surface area (Å²) in [5.41, 5.74) is 1.14. The van der Waals surface area contributed by atoms with E-state index >= 15 is 0 Å². The van der Waals surface area contributed by atoms with Gasteiger partial charge in [0.25, 0.3) is 0 Å². The Balaban J connectivity index is 2.00. The summed E-state index contributed by atoms with van der Waals surface area (Å²) in [5, 5.41) is 8.90. The monoisotopic (exact) mass is 230 g/mol. The van der Waals surface area contributed by atoms with E-state index in [1.165, 1.54) is 5.39 Å². The van der Waals surface area contributed by atoms with Gasteiger partial charge in [0.2, 0.25) is 5.16 Å². The summed E-state index contributed by atoms with van der Waals surface area (Å²) in [5.74, 6) is 0.836. The molecule has 0 saturated heterocycles. The van der Waals surface area contributed by atoms with Crippen molar-refractivity contribution in [2.75, 3.05) is 0 Å². The zero-order valence-corrected chi connectivity index (χ0v) is 9.51. The van der Waals surface area contributed by atoms with E-state index in [2.05, 4.69) is 32.3 Å². The largest absolute Gasteiger partial charge is 0.360 e. The van der Waals surface area contributed by atoms with Crippen LogP contribution in [0.4, 0.5) is 0 Å². The van der Waals surface area contributed by atoms with Crippen LogP contribution < -0.4 is 0 Å². The second kappa shape index (κ2) is 3.68. The first kappa shape index (κ1) is 9.47. The molecule has 0 amide bonds. The molecule has 0 aliphatic carbocycles. The lowest BCUT2D eigenvalue weighted by Crippen LogP contribution is -1.74. The van der Waals surface area contributed by atoms with Gasteiger partial charge < -0.3 is 4.98 Å². The van der Waals surface area contributed by atoms with Crippen LogP contribution in [0.15, 0.2) is 40.5 Å². The molecule has 2 N–H and O–H groups in total. The number of benzene rings is 1. The van der Waals surface area contributed by atoms with E-state index in [0.29, 0.717) is 0 Å². The molecule has 1 aromatic carbocycles. The molecule has 80 valence electrons. The van der Waals surface area contributed by atoms with Crippen molar-refractivity contribution >= 4 is 22.7 Å². The van der Waals surface area contributed by atoms with Gasteiger partial charge in [0, 0.05) is 22.0 Å². The van der Waals surface area contributed by atoms with Crippen LogP contribution in [-0.4, -0.2) is 20.2 Å². The summed E-state index contributed by atoms with van der Waals surface area (Å²) in [6.07, 6.45) is 1.99. The SMILES string of the molecule is Cc1nc(Sc2c[nH]c3ccccc23)n[nH]1. The van der Waals surface area contributed by atoms with Crippen LogP contribution in [0, 0.1) is 6.92 Å². The fourth-order valence-corrected chi connectivity index (χ4v) is 2.47. The van der Waals surface area contributed by atoms with E-state index in [0.717, 1.165) is 21.4 Å². The Hall–Kier alpha value is -1.75. The Morgan fingerprint density at radius 1 is 1.25 bits per heavy atom. The van der Waals surface area contributed by atoms with Gasteiger partial charge in [-0.1, -0.05) is 18.2 Å². The number of hydrogen-bond acceptors (Lipinski definition) is 3. The maximum atomic E-state index is 4.27. The molecule has 0 radical (unpaired) electrons. The average molecular weight is 230 g/mol. The third-order valence-corrected chi connectivity index (χ3v) is 3.25. The Morgan fingerprint density at radius 2 is 2.12 bits per heavy atom. The number of aromatic nitrogens is 4. The number of nitrogens with zero attached hydrogens (tertiary/aromatic N) is 2. The molecular formula is C11H10N4S. The van der Waals surface area contributed by atoms with Crippen LogP contribution in [0.1, 0.15) is 5.82 Å². The quantitative estimate of drug-likeness (QED) is 0.711. The third kappa shape index (κ3) is 1.59. The average Bonchev–Trinajstić information content (AvgIpc) is 2.87. The third-order valence-electron chi connectivity index (χ3n) is 2.33. The minimum atomic E-state index is 0.752. The van der Waals surface area contributed by atoms with Crippen LogP contribution in [0.5, 0.6) is 0 Å². The second-order valence-corrected chi connectivity index (χ2v) is 4.51. The summed E-state index contributed by atoms with van der Waals surface area (Å²) in [6, 6.07) is 8.20. The molecule has 16 heavy (non-hydrogen) atoms. The molecule has 0 atom stereocenters. The van der Waals surface area contributed by atoms with Crippen molar-refractivity contribution in [2.45, 2.75) is 17.0 Å². The maximum absolute atomic E-state index is 4.27. The number of nitrogens with one attached hydrogen (secondary N) is 2. The summed E-state index contributed by atoms with van der Waals surface area (Å²) >= 11 is 1.56. The molecule has 0 saturated carbocycles. The second-order valence-electron chi connectivity index (χ2n) is 3.50. The van der Waals surface area contributed by atoms with Gasteiger partial charge in [-0.15, -0.1) is 5.10 Å². The van der Waals surface area contributed by atoms with Gasteiger partial charge in [-0.3, -0.25) is 5.10 Å². The van der Waals surface area contributed by atoms with E-state index < -0.39 is 0 Å². The van der Waals surface area contributed by atoms with Crippen LogP contribution in [0.2, 0.25) is 0 Å². The van der Waals surface area contributed by atoms with Gasteiger partial charge >= 0.3 is 0 Å². The van der Waals surface area contributed by atoms with Crippen molar-refractivity contribution in [3.8, 4) is 0 Å². The molecule has 2 aromatic heterocycles. The highest BCUT2D eigenvalue weighted by Gasteiger charge is 2.07. The van der Waals surface area contributed by atoms with Crippen molar-refractivity contribution in [1.29, 1.82) is 0 Å². The molecule has 0 aliphatic heterocycles. The highest BCUT2D eigenvalue weighted by atomic mass is 32.2. The maximum Gasteiger partial charge on any atom is 0.213 e. The standard InChI is InChI=1S/C11H10N4S/c1-7-13-11(15-14-7)16-10-6-12-9-5-3-2-4-8(9)10/h2-6,12H,1H3,(H,13,14,15). The topological polar surface area (TPSA) is 57.4 Å². The molecule has 0 spiro atoms. The first-order valence-corrected chi connectivity index (χ1v) is 5.77. The van der Waals surface area contributed by atoms with E-state index in [1.807, 2.05) is 25.3 Å². The van der Waals surface area contributed by atoms with Gasteiger partial charge in [0.15, 0.2) is 0 Å². The fraction of sp³-hybridized carbons (Fsp3) is 0.0909. The van der Waals surface area contributed by atoms with E-state index in [4.69, 9.17) is 0 Å². The first-order chi connectivity index (χ1) is 7.83. The van der Waals surface area contributed by atoms with Gasteiger partial charge in [-0.2, -0.15) is 0 Å². The normalized spacial score (nSPS) is 11.1. The Kier molecular flexibility index (Phi) is 2.18. The molecule has 3 rings (SSSR count). The van der Waals surface area contributed by atoms with Gasteiger partial charge in [-0.25, -0.2) is 4.98 Å². The fourth-order valence-electron chi connectivity index (χ4n) is 1.60. The van der Waals surface area contributed by atoms with Crippen molar-refractivity contribution in [3.63, 3.8) is 0 Å². The summed E-state index contributed by atoms with van der Waals surface area (Å²) in [6.45, 7) is 1.90. The molecular weight excluding hydrogens is 220 g/mol. The predicted molar refractivity (Wildman–Crippen MR) is 63.5 cm³/mol. The van der Waals surface area contributed by atoms with E-state index in [9.17, 15) is 0 Å². The Bertz CT molecular complexity index is 625. The number of rotatable bonds is 2. The van der Waals surface area contributed by atoms with Crippen LogP contribution in [-0.2, 0) is 0 Å². The van der Waals surface area contributed by atoms with Crippen molar-refractivity contribution in [2.24, 2.45) is 0 Å². The highest BCUT2D eigenvalue weighted by molar-refractivity contribution is 7.99. The molecule has 3 aromatic rings. The Labute approximate surface area is 96.5 Å². The molecule has 0 fully saturated rings. The minimum Gasteiger partial charge on any atom is -0.360 e. The number of aryl methyl sites for hydroxylation is 1. The summed E-state index contributed by atoms with van der Waals surface area (Å²) in [7, 11) is 0. The number of para-hydroxylation sites is 1. The van der Waals surface area contributed by atoms with E-state index in [-0.39, 0.29) is 0 Å². The lowest BCUT2D eigenvalue weighted by Gasteiger charge is -1.93. The van der Waals surface area contributed by atoms with Crippen LogP contribution in [0.3, 0.4) is 0 Å². The van der Waals surface area contributed by atoms with Crippen molar-refractivity contribution in [3.05, 3.63) is 36.3 Å². The van der Waals surface area contributed by atoms with Crippen LogP contribution >= 0.6 is 11.8 Å². The Morgan fingerprint density at radius 3 is 2.94 bits per heavy atom. The van der Waals surface area contributed by atoms with Gasteiger partial charge in [0.1, 0.15) is 5.82 Å². The number of H-pyrrole nitrogens is 2.